The lowest BCUT2D eigenvalue weighted by atomic mass is 10.5. The Bertz CT molecular complexity index is 46.1. The summed E-state index contributed by atoms with van der Waals surface area (Å²) in [7, 11) is 0. The van der Waals surface area contributed by atoms with E-state index in [0.29, 0.717) is 12.6 Å². The third-order valence-corrected chi connectivity index (χ3v) is 0.630. The Labute approximate surface area is 32.4 Å². The first kappa shape index (κ1) is 2.16. The van der Waals surface area contributed by atoms with Crippen LogP contribution in [0.2, 0.25) is 1.41 Å². The van der Waals surface area contributed by atoms with Crippen molar-refractivity contribution in [2.75, 3.05) is 13.2 Å². The minimum atomic E-state index is 0.350. The van der Waals surface area contributed by atoms with E-state index in [1.165, 1.54) is 0 Å². The van der Waals surface area contributed by atoms with Gasteiger partial charge in [0.2, 0.25) is 0 Å². The van der Waals surface area contributed by atoms with E-state index in [4.69, 9.17) is 6.15 Å². The van der Waals surface area contributed by atoms with Crippen LogP contribution in [0, 0.1) is 0 Å². The number of rotatable bonds is 2. The summed E-state index contributed by atoms with van der Waals surface area (Å²) in [5.41, 5.74) is 2.25. The Morgan fingerprint density at radius 1 is 2.40 bits per heavy atom. The summed E-state index contributed by atoms with van der Waals surface area (Å²) < 4.78 is 11.2. The summed E-state index contributed by atoms with van der Waals surface area (Å²) in [6, 6.07) is 0. The molecule has 1 aliphatic rings. The molecule has 0 spiro atoms. The van der Waals surface area contributed by atoms with Gasteiger partial charge in [-0.05, 0) is 0 Å². The van der Waals surface area contributed by atoms with Crippen molar-refractivity contribution in [3.63, 3.8) is 0 Å². The molecule has 0 bridgehead atoms. The fraction of sp³-hybridized carbons (Fsp3) is 1.00. The molecular weight excluding hydrogens is 66.0 g/mol. The van der Waals surface area contributed by atoms with Crippen LogP contribution < -0.4 is 5.73 Å². The SMILES string of the molecule is [2H]NCC1CO1. The lowest BCUT2D eigenvalue weighted by Crippen LogP contribution is -2.05. The van der Waals surface area contributed by atoms with Crippen molar-refractivity contribution >= 4 is 0 Å². The summed E-state index contributed by atoms with van der Waals surface area (Å²) in [6.07, 6.45) is 0.350. The Morgan fingerprint density at radius 3 is 3.40 bits per heavy atom. The predicted molar refractivity (Wildman–Crippen MR) is 18.8 cm³/mol. The Kier molecular flexibility index (Phi) is 0.411. The summed E-state index contributed by atoms with van der Waals surface area (Å²) in [6.45, 7) is 1.52. The van der Waals surface area contributed by atoms with Crippen LogP contribution in [0.25, 0.3) is 0 Å². The van der Waals surface area contributed by atoms with E-state index >= 15 is 0 Å². The van der Waals surface area contributed by atoms with Gasteiger partial charge in [-0.25, -0.2) is 0 Å². The van der Waals surface area contributed by atoms with Crippen LogP contribution in [0.5, 0.6) is 0 Å². The van der Waals surface area contributed by atoms with Crippen LogP contribution >= 0.6 is 0 Å². The highest BCUT2D eigenvalue weighted by molar-refractivity contribution is 4.67. The van der Waals surface area contributed by atoms with Gasteiger partial charge in [0.25, 0.3) is 0 Å². The second-order valence-electron chi connectivity index (χ2n) is 1.16. The van der Waals surface area contributed by atoms with Crippen LogP contribution in [0.1, 0.15) is 0 Å². The van der Waals surface area contributed by atoms with Gasteiger partial charge in [0.1, 0.15) is 1.41 Å². The molecule has 2 nitrogen and oxygen atoms in total. The highest BCUT2D eigenvalue weighted by Crippen LogP contribution is 2.03. The summed E-state index contributed by atoms with van der Waals surface area (Å²) in [5, 5.41) is 0. The zero-order valence-electron chi connectivity index (χ0n) is 3.90. The van der Waals surface area contributed by atoms with Crippen LogP contribution in [-0.2, 0) is 4.74 Å². The van der Waals surface area contributed by atoms with E-state index in [1.807, 2.05) is 0 Å². The third kappa shape index (κ3) is 0.597. The number of hydrogen-bond donors (Lipinski definition) is 1. The molecule has 30 valence electrons. The second kappa shape index (κ2) is 0.954. The normalized spacial score (nSPS) is 36.8. The number of hydrogen-bond acceptors (Lipinski definition) is 2. The van der Waals surface area contributed by atoms with E-state index in [9.17, 15) is 0 Å². The average Bonchev–Trinajstić information content (AvgIpc) is 2.21. The first-order valence-electron chi connectivity index (χ1n) is 2.19. The van der Waals surface area contributed by atoms with Gasteiger partial charge in [0.05, 0.1) is 12.7 Å². The summed E-state index contributed by atoms with van der Waals surface area (Å²) in [5.74, 6) is 0. The monoisotopic (exact) mass is 74.1 g/mol. The van der Waals surface area contributed by atoms with Gasteiger partial charge in [-0.15, -0.1) is 0 Å². The molecule has 0 aromatic carbocycles. The van der Waals surface area contributed by atoms with Gasteiger partial charge in [-0.3, -0.25) is 0 Å². The fourth-order valence-electron chi connectivity index (χ4n) is 0.186. The highest BCUT2D eigenvalue weighted by atomic mass is 16.6. The number of epoxide rings is 1. The molecule has 0 aliphatic carbocycles. The lowest BCUT2D eigenvalue weighted by Gasteiger charge is -1.71. The lowest BCUT2D eigenvalue weighted by molar-refractivity contribution is 0.412. The van der Waals surface area contributed by atoms with Gasteiger partial charge < -0.3 is 10.5 Å². The average molecular weight is 74.1 g/mol. The van der Waals surface area contributed by atoms with Crippen LogP contribution in [0.15, 0.2) is 0 Å². The smallest absolute Gasteiger partial charge is 0.118 e. The fourth-order valence-corrected chi connectivity index (χ4v) is 0.186. The molecule has 1 heterocycles. The first-order valence-corrected chi connectivity index (χ1v) is 1.69. The van der Waals surface area contributed by atoms with Gasteiger partial charge >= 0.3 is 0 Å². The quantitative estimate of drug-likeness (QED) is 0.442. The first-order chi connectivity index (χ1) is 2.93. The van der Waals surface area contributed by atoms with Gasteiger partial charge in [-0.2, -0.15) is 0 Å². The molecule has 0 amide bonds. The van der Waals surface area contributed by atoms with Crippen molar-refractivity contribution in [3.8, 4) is 0 Å². The van der Waals surface area contributed by atoms with E-state index < -0.39 is 0 Å². The van der Waals surface area contributed by atoms with Crippen molar-refractivity contribution < 1.29 is 6.15 Å². The van der Waals surface area contributed by atoms with Crippen molar-refractivity contribution in [1.82, 2.24) is 0 Å². The maximum absolute atomic E-state index is 6.44. The topological polar surface area (TPSA) is 38.5 Å². The van der Waals surface area contributed by atoms with E-state index in [1.54, 1.807) is 0 Å². The molecule has 5 heavy (non-hydrogen) atoms. The molecular formula is C3H7NO. The zero-order chi connectivity index (χ0) is 4.41. The second-order valence-corrected chi connectivity index (χ2v) is 1.16. The molecule has 1 aliphatic heterocycles. The maximum atomic E-state index is 6.44. The van der Waals surface area contributed by atoms with E-state index in [0.717, 1.165) is 6.61 Å². The minimum absolute atomic E-state index is 0.350. The molecule has 1 saturated heterocycles. The largest absolute Gasteiger partial charge is 0.372 e. The van der Waals surface area contributed by atoms with Gasteiger partial charge in [-0.1, -0.05) is 0 Å². The summed E-state index contributed by atoms with van der Waals surface area (Å²) >= 11 is 0. The minimum Gasteiger partial charge on any atom is -0.372 e. The number of ether oxygens (including phenoxy) is 1. The molecule has 1 rings (SSSR count). The van der Waals surface area contributed by atoms with Crippen molar-refractivity contribution in [2.24, 2.45) is 5.73 Å². The van der Waals surface area contributed by atoms with Gasteiger partial charge in [0.15, 0.2) is 0 Å². The highest BCUT2D eigenvalue weighted by Gasteiger charge is 2.18. The molecule has 2 heteroatoms. The Balaban J connectivity index is 1.88. The predicted octanol–water partition coefficient (Wildman–Crippen LogP) is -0.656. The molecule has 0 radical (unpaired) electrons. The molecule has 0 aromatic heterocycles. The zero-order valence-corrected chi connectivity index (χ0v) is 2.90. The van der Waals surface area contributed by atoms with E-state index in [2.05, 4.69) is 5.73 Å². The summed E-state index contributed by atoms with van der Waals surface area (Å²) in [4.78, 5) is 0. The molecule has 2 N–H and O–H groups in total. The molecule has 0 aromatic rings. The third-order valence-electron chi connectivity index (χ3n) is 0.630. The molecule has 1 atom stereocenters. The molecule has 1 fully saturated rings. The number of nitrogens with two attached hydrogens (primary N) is 1. The molecule has 0 saturated carbocycles. The van der Waals surface area contributed by atoms with Crippen molar-refractivity contribution in [1.29, 1.82) is 0 Å². The van der Waals surface area contributed by atoms with Crippen molar-refractivity contribution in [2.45, 2.75) is 6.10 Å². The van der Waals surface area contributed by atoms with E-state index in [-0.39, 0.29) is 0 Å². The standard InChI is InChI=1S/C3H7NO/c4-1-3-2-5-3/h3H,1-2,4H2/i/hD. The van der Waals surface area contributed by atoms with Crippen molar-refractivity contribution in [3.05, 3.63) is 0 Å². The Morgan fingerprint density at radius 2 is 3.20 bits per heavy atom. The van der Waals surface area contributed by atoms with Crippen LogP contribution in [0.4, 0.5) is 0 Å². The molecule has 1 unspecified atom stereocenters. The van der Waals surface area contributed by atoms with Crippen LogP contribution in [-0.4, -0.2) is 19.3 Å². The van der Waals surface area contributed by atoms with Gasteiger partial charge in [0, 0.05) is 6.54 Å². The van der Waals surface area contributed by atoms with Crippen LogP contribution in [0.3, 0.4) is 0 Å². The maximum Gasteiger partial charge on any atom is 0.118 e. The Hall–Kier alpha value is -0.0800.